The molecule has 2 aliphatic heterocycles. The Morgan fingerprint density at radius 1 is 0.587 bits per heavy atom. The molecule has 6 aromatic rings. The van der Waals surface area contributed by atoms with Crippen molar-refractivity contribution in [3.63, 3.8) is 0 Å². The Balaban J connectivity index is 0.000000184. The van der Waals surface area contributed by atoms with Crippen LogP contribution in [0.1, 0.15) is 77.0 Å². The molecule has 0 spiro atoms. The molecule has 4 heterocycles. The lowest BCUT2D eigenvalue weighted by atomic mass is 10.1. The second-order valence-electron chi connectivity index (χ2n) is 19.2. The SMILES string of the molecule is O=c1c(OC2CCCC2)c(N2CCC(S(=O)(=O)N(CCBr)c3ccccc3)CC2)cnn1-c1cccc(F)c1.O=c1c(OC2CCCC2)c(N2CCC(S(=O)(=O)Nc3ccccc3)CC2)cnn1-c1cccc(F)c1. The van der Waals surface area contributed by atoms with Crippen LogP contribution < -0.4 is 39.4 Å². The summed E-state index contributed by atoms with van der Waals surface area (Å²) in [5.41, 5.74) is 2.02. The molecule has 1 N–H and O–H groups in total. The van der Waals surface area contributed by atoms with Crippen molar-refractivity contribution in [2.24, 2.45) is 0 Å². The molecule has 0 atom stereocenters. The largest absolute Gasteiger partial charge is 0.483 e. The molecule has 2 saturated heterocycles. The Morgan fingerprint density at radius 3 is 1.47 bits per heavy atom. The summed E-state index contributed by atoms with van der Waals surface area (Å²) in [6, 6.07) is 29.4. The van der Waals surface area contributed by atoms with E-state index in [0.29, 0.717) is 97.9 Å². The normalized spacial score (nSPS) is 17.1. The second-order valence-corrected chi connectivity index (χ2v) is 24.1. The zero-order valence-electron chi connectivity index (χ0n) is 41.4. The number of benzene rings is 4. The van der Waals surface area contributed by atoms with Crippen molar-refractivity contribution in [1.29, 1.82) is 0 Å². The molecule has 75 heavy (non-hydrogen) atoms. The zero-order valence-corrected chi connectivity index (χ0v) is 44.7. The maximum atomic E-state index is 13.9. The number of ether oxygens (including phenoxy) is 2. The first-order chi connectivity index (χ1) is 36.3. The highest BCUT2D eigenvalue weighted by atomic mass is 79.9. The van der Waals surface area contributed by atoms with Gasteiger partial charge < -0.3 is 19.3 Å². The molecular formula is C54H61BrF2N8O8S2. The Labute approximate surface area is 444 Å². The van der Waals surface area contributed by atoms with Gasteiger partial charge in [-0.25, -0.2) is 25.6 Å². The first-order valence-corrected chi connectivity index (χ1v) is 29.7. The van der Waals surface area contributed by atoms with Crippen molar-refractivity contribution < 1.29 is 35.1 Å². The first-order valence-electron chi connectivity index (χ1n) is 25.6. The fourth-order valence-electron chi connectivity index (χ4n) is 10.3. The molecule has 0 amide bonds. The van der Waals surface area contributed by atoms with Crippen LogP contribution in [0.3, 0.4) is 0 Å². The minimum absolute atomic E-state index is 0.0622. The molecule has 0 unspecified atom stereocenters. The molecular weight excluding hydrogens is 1070 g/mol. The molecule has 0 bridgehead atoms. The van der Waals surface area contributed by atoms with Crippen LogP contribution in [-0.2, 0) is 20.0 Å². The quantitative estimate of drug-likeness (QED) is 0.0912. The van der Waals surface area contributed by atoms with Gasteiger partial charge in [-0.05, 0) is 138 Å². The van der Waals surface area contributed by atoms with Gasteiger partial charge in [-0.3, -0.25) is 18.6 Å². The van der Waals surface area contributed by atoms with Crippen molar-refractivity contribution in [3.05, 3.63) is 154 Å². The Kier molecular flexibility index (Phi) is 17.2. The lowest BCUT2D eigenvalue weighted by Gasteiger charge is -2.36. The van der Waals surface area contributed by atoms with Gasteiger partial charge in [-0.15, -0.1) is 0 Å². The number of aromatic nitrogens is 4. The van der Waals surface area contributed by atoms with E-state index < -0.39 is 53.3 Å². The molecule has 2 aliphatic carbocycles. The number of sulfonamides is 2. The number of nitrogens with one attached hydrogen (secondary N) is 1. The summed E-state index contributed by atoms with van der Waals surface area (Å²) in [6.07, 6.45) is 12.3. The van der Waals surface area contributed by atoms with E-state index >= 15 is 0 Å². The third-order valence-corrected chi connectivity index (χ3v) is 18.8. The maximum absolute atomic E-state index is 13.9. The van der Waals surface area contributed by atoms with E-state index in [-0.39, 0.29) is 23.7 Å². The minimum Gasteiger partial charge on any atom is -0.483 e. The van der Waals surface area contributed by atoms with Crippen molar-refractivity contribution in [3.8, 4) is 22.9 Å². The average molecular weight is 1130 g/mol. The van der Waals surface area contributed by atoms with Crippen LogP contribution in [0.15, 0.2) is 131 Å². The summed E-state index contributed by atoms with van der Waals surface area (Å²) < 4.78 is 99.8. The summed E-state index contributed by atoms with van der Waals surface area (Å²) >= 11 is 3.39. The number of alkyl halides is 1. The van der Waals surface area contributed by atoms with Crippen LogP contribution in [0.4, 0.5) is 31.5 Å². The van der Waals surface area contributed by atoms with Crippen molar-refractivity contribution in [2.45, 2.75) is 99.8 Å². The van der Waals surface area contributed by atoms with E-state index in [9.17, 15) is 35.2 Å². The van der Waals surface area contributed by atoms with Crippen molar-refractivity contribution >= 4 is 58.7 Å². The highest BCUT2D eigenvalue weighted by Gasteiger charge is 2.37. The van der Waals surface area contributed by atoms with Gasteiger partial charge in [-0.2, -0.15) is 19.6 Å². The fourth-order valence-corrected chi connectivity index (χ4v) is 14.2. The molecule has 2 saturated carbocycles. The molecule has 10 rings (SSSR count). The number of hydrogen-bond acceptors (Lipinski definition) is 12. The molecule has 4 aliphatic rings. The third-order valence-electron chi connectivity index (χ3n) is 14.2. The maximum Gasteiger partial charge on any atom is 0.316 e. The number of piperidine rings is 2. The Hall–Kier alpha value is -6.32. The number of para-hydroxylation sites is 2. The molecule has 2 aromatic heterocycles. The number of nitrogens with zero attached hydrogens (tertiary/aromatic N) is 7. The lowest BCUT2D eigenvalue weighted by molar-refractivity contribution is 0.205. The topological polar surface area (TPSA) is 178 Å². The van der Waals surface area contributed by atoms with E-state index in [1.54, 1.807) is 60.9 Å². The lowest BCUT2D eigenvalue weighted by Crippen LogP contribution is -2.46. The Morgan fingerprint density at radius 2 is 1.03 bits per heavy atom. The first kappa shape index (κ1) is 53.5. The van der Waals surface area contributed by atoms with E-state index in [0.717, 1.165) is 60.7 Å². The second kappa shape index (κ2) is 24.1. The van der Waals surface area contributed by atoms with Crippen LogP contribution >= 0.6 is 15.9 Å². The molecule has 4 fully saturated rings. The molecule has 21 heteroatoms. The van der Waals surface area contributed by atoms with E-state index in [1.807, 2.05) is 34.1 Å². The highest BCUT2D eigenvalue weighted by Crippen LogP contribution is 2.35. The van der Waals surface area contributed by atoms with Gasteiger partial charge in [0.25, 0.3) is 0 Å². The van der Waals surface area contributed by atoms with Crippen LogP contribution in [0.2, 0.25) is 0 Å². The number of halogens is 3. The summed E-state index contributed by atoms with van der Waals surface area (Å²) in [6.45, 7) is 2.09. The fraction of sp³-hybridized carbons (Fsp3) is 0.407. The summed E-state index contributed by atoms with van der Waals surface area (Å²) in [7, 11) is -7.15. The molecule has 398 valence electrons. The van der Waals surface area contributed by atoms with E-state index in [1.165, 1.54) is 40.7 Å². The predicted molar refractivity (Wildman–Crippen MR) is 291 cm³/mol. The van der Waals surface area contributed by atoms with Gasteiger partial charge in [0.2, 0.25) is 31.5 Å². The highest BCUT2D eigenvalue weighted by molar-refractivity contribution is 9.09. The van der Waals surface area contributed by atoms with Crippen LogP contribution in [0, 0.1) is 11.6 Å². The standard InChI is InChI=1S/C28H32BrFN4O4S.C26H29FN4O4S/c29-15-18-33(22-8-2-1-3-9-22)39(36,37)25-13-16-32(17-14-25)26-20-31-34(23-10-6-7-21(30)19-23)28(35)27(26)38-24-11-4-5-12-24;27-19-7-6-10-21(17-19)31-26(32)25(35-22-11-4-5-12-22)24(18-28-31)30-15-13-23(14-16-30)36(33,34)29-20-8-2-1-3-9-20/h1-3,6-10,19-20,24-25H,4-5,11-18H2;1-3,6-10,17-18,22-23,29H,4-5,11-16H2. The molecule has 16 nitrogen and oxygen atoms in total. The van der Waals surface area contributed by atoms with Crippen LogP contribution in [-0.4, -0.2) is 97.2 Å². The number of rotatable bonds is 16. The molecule has 4 aromatic carbocycles. The molecule has 0 radical (unpaired) electrons. The van der Waals surface area contributed by atoms with Crippen LogP contribution in [0.5, 0.6) is 11.5 Å². The average Bonchev–Trinajstić information content (AvgIpc) is 4.15. The van der Waals surface area contributed by atoms with E-state index in [4.69, 9.17) is 9.47 Å². The number of anilines is 4. The van der Waals surface area contributed by atoms with Crippen molar-refractivity contribution in [1.82, 2.24) is 19.6 Å². The summed E-state index contributed by atoms with van der Waals surface area (Å²) in [5, 5.41) is 8.08. The van der Waals surface area contributed by atoms with Gasteiger partial charge in [0, 0.05) is 43.7 Å². The van der Waals surface area contributed by atoms with E-state index in [2.05, 4.69) is 30.8 Å². The smallest absolute Gasteiger partial charge is 0.316 e. The number of hydrogen-bond donors (Lipinski definition) is 1. The van der Waals surface area contributed by atoms with Gasteiger partial charge >= 0.3 is 11.1 Å². The van der Waals surface area contributed by atoms with Crippen molar-refractivity contribution in [2.75, 3.05) is 56.9 Å². The predicted octanol–water partition coefficient (Wildman–Crippen LogP) is 9.00. The van der Waals surface area contributed by atoms with Crippen LogP contribution in [0.25, 0.3) is 11.4 Å². The van der Waals surface area contributed by atoms with Gasteiger partial charge in [0.1, 0.15) is 23.0 Å². The van der Waals surface area contributed by atoms with Gasteiger partial charge in [0.05, 0.1) is 52.2 Å². The zero-order chi connectivity index (χ0) is 52.5. The third kappa shape index (κ3) is 12.7. The Bertz CT molecular complexity index is 3240. The summed E-state index contributed by atoms with van der Waals surface area (Å²) in [5.74, 6) is -0.551. The van der Waals surface area contributed by atoms with Gasteiger partial charge in [0.15, 0.2) is 0 Å². The van der Waals surface area contributed by atoms with Gasteiger partial charge in [-0.1, -0.05) is 64.5 Å². The monoisotopic (exact) mass is 1130 g/mol. The minimum atomic E-state index is -3.60. The summed E-state index contributed by atoms with van der Waals surface area (Å²) in [4.78, 5) is 31.0.